The van der Waals surface area contributed by atoms with Gasteiger partial charge >= 0.3 is 6.09 Å². The summed E-state index contributed by atoms with van der Waals surface area (Å²) in [5.41, 5.74) is 8.11. The Morgan fingerprint density at radius 2 is 1.84 bits per heavy atom. The molecule has 8 nitrogen and oxygen atoms in total. The molecule has 162 valence electrons. The van der Waals surface area contributed by atoms with Gasteiger partial charge in [-0.15, -0.1) is 0 Å². The molecule has 1 aliphatic carbocycles. The lowest BCUT2D eigenvalue weighted by atomic mass is 9.91. The molecule has 0 saturated heterocycles. The van der Waals surface area contributed by atoms with Crippen LogP contribution in [0, 0.1) is 0 Å². The van der Waals surface area contributed by atoms with Gasteiger partial charge in [0, 0.05) is 17.6 Å². The number of anilines is 2. The number of nitrogens with zero attached hydrogens (tertiary/aromatic N) is 1. The van der Waals surface area contributed by atoms with Crippen molar-refractivity contribution in [1.29, 1.82) is 0 Å². The minimum Gasteiger partial charge on any atom is -0.444 e. The van der Waals surface area contributed by atoms with E-state index in [-0.39, 0.29) is 37.0 Å². The second-order valence-electron chi connectivity index (χ2n) is 7.99. The van der Waals surface area contributed by atoms with Gasteiger partial charge in [0.15, 0.2) is 0 Å². The lowest BCUT2D eigenvalue weighted by molar-refractivity contribution is -0.115. The Kier molecular flexibility index (Phi) is 6.18. The highest BCUT2D eigenvalue weighted by molar-refractivity contribution is 6.09. The molecule has 0 atom stereocenters. The van der Waals surface area contributed by atoms with Gasteiger partial charge in [-0.05, 0) is 49.4 Å². The molecule has 0 radical (unpaired) electrons. The van der Waals surface area contributed by atoms with Crippen molar-refractivity contribution >= 4 is 29.3 Å². The fraction of sp³-hybridized carbons (Fsp3) is 0.348. The number of fused-ring (bicyclic) bond motifs is 1. The molecule has 2 aromatic carbocycles. The Morgan fingerprint density at radius 1 is 1.10 bits per heavy atom. The van der Waals surface area contributed by atoms with E-state index in [1.807, 2.05) is 30.3 Å². The fourth-order valence-electron chi connectivity index (χ4n) is 3.92. The Hall–Kier alpha value is -3.39. The Labute approximate surface area is 180 Å². The number of carbonyl (C=O) groups is 3. The van der Waals surface area contributed by atoms with Gasteiger partial charge in [0.25, 0.3) is 5.91 Å². The highest BCUT2D eigenvalue weighted by Gasteiger charge is 2.29. The normalized spacial score (nSPS) is 20.4. The third-order valence-electron chi connectivity index (χ3n) is 5.66. The first-order valence-electron chi connectivity index (χ1n) is 10.5. The van der Waals surface area contributed by atoms with E-state index in [4.69, 9.17) is 10.5 Å². The van der Waals surface area contributed by atoms with Crippen molar-refractivity contribution in [2.24, 2.45) is 5.73 Å². The Balaban J connectivity index is 1.45. The SMILES string of the molecule is NC1CCC(NC(=O)c2ccc3c(c2)NC(=O)CN3C(=O)OCc2ccccc2)CC1. The minimum absolute atomic E-state index is 0.0994. The fourth-order valence-corrected chi connectivity index (χ4v) is 3.92. The van der Waals surface area contributed by atoms with E-state index in [1.54, 1.807) is 18.2 Å². The maximum atomic E-state index is 12.7. The third-order valence-corrected chi connectivity index (χ3v) is 5.66. The number of nitrogens with two attached hydrogens (primary N) is 1. The van der Waals surface area contributed by atoms with Crippen LogP contribution in [0.1, 0.15) is 41.6 Å². The highest BCUT2D eigenvalue weighted by Crippen LogP contribution is 2.31. The third kappa shape index (κ3) is 5.03. The van der Waals surface area contributed by atoms with E-state index in [0.29, 0.717) is 16.9 Å². The zero-order chi connectivity index (χ0) is 21.8. The summed E-state index contributed by atoms with van der Waals surface area (Å²) in [5.74, 6) is -0.552. The van der Waals surface area contributed by atoms with Gasteiger partial charge < -0.3 is 21.1 Å². The molecule has 4 N–H and O–H groups in total. The van der Waals surface area contributed by atoms with E-state index in [0.717, 1.165) is 31.2 Å². The van der Waals surface area contributed by atoms with Gasteiger partial charge in [-0.1, -0.05) is 30.3 Å². The largest absolute Gasteiger partial charge is 0.444 e. The molecule has 31 heavy (non-hydrogen) atoms. The average molecular weight is 422 g/mol. The number of hydrogen-bond acceptors (Lipinski definition) is 5. The average Bonchev–Trinajstić information content (AvgIpc) is 2.78. The van der Waals surface area contributed by atoms with E-state index < -0.39 is 6.09 Å². The van der Waals surface area contributed by atoms with Gasteiger partial charge in [0.1, 0.15) is 13.2 Å². The zero-order valence-electron chi connectivity index (χ0n) is 17.2. The molecule has 1 heterocycles. The Bertz CT molecular complexity index is 971. The van der Waals surface area contributed by atoms with Crippen molar-refractivity contribution in [3.63, 3.8) is 0 Å². The van der Waals surface area contributed by atoms with Gasteiger partial charge in [0.05, 0.1) is 11.4 Å². The summed E-state index contributed by atoms with van der Waals surface area (Å²) in [6.45, 7) is -0.0346. The van der Waals surface area contributed by atoms with Crippen LogP contribution in [0.3, 0.4) is 0 Å². The molecule has 2 aliphatic rings. The van der Waals surface area contributed by atoms with Crippen LogP contribution in [0.4, 0.5) is 16.2 Å². The standard InChI is InChI=1S/C23H26N4O4/c24-17-7-9-18(10-8-17)25-22(29)16-6-11-20-19(12-16)26-21(28)13-27(20)23(30)31-14-15-4-2-1-3-5-15/h1-6,11-12,17-18H,7-10,13-14,24H2,(H,25,29)(H,26,28). The predicted octanol–water partition coefficient (Wildman–Crippen LogP) is 2.78. The molecular weight excluding hydrogens is 396 g/mol. The zero-order valence-corrected chi connectivity index (χ0v) is 17.2. The van der Waals surface area contributed by atoms with Gasteiger partial charge in [0.2, 0.25) is 5.91 Å². The number of nitrogens with one attached hydrogen (secondary N) is 2. The predicted molar refractivity (Wildman–Crippen MR) is 117 cm³/mol. The van der Waals surface area contributed by atoms with Crippen molar-refractivity contribution in [2.75, 3.05) is 16.8 Å². The van der Waals surface area contributed by atoms with Crippen LogP contribution >= 0.6 is 0 Å². The van der Waals surface area contributed by atoms with E-state index in [2.05, 4.69) is 10.6 Å². The van der Waals surface area contributed by atoms with Gasteiger partial charge in [-0.2, -0.15) is 0 Å². The van der Waals surface area contributed by atoms with E-state index >= 15 is 0 Å². The van der Waals surface area contributed by atoms with Crippen LogP contribution in [-0.4, -0.2) is 36.5 Å². The van der Waals surface area contributed by atoms with E-state index in [1.165, 1.54) is 4.90 Å². The summed E-state index contributed by atoms with van der Waals surface area (Å²) in [6, 6.07) is 14.5. The molecular formula is C23H26N4O4. The molecule has 1 saturated carbocycles. The van der Waals surface area contributed by atoms with Gasteiger partial charge in [-0.25, -0.2) is 4.79 Å². The van der Waals surface area contributed by atoms with Crippen LogP contribution in [0.5, 0.6) is 0 Å². The number of rotatable bonds is 4. The summed E-state index contributed by atoms with van der Waals surface area (Å²) in [5, 5.41) is 5.77. The molecule has 3 amide bonds. The molecule has 0 spiro atoms. The first-order valence-corrected chi connectivity index (χ1v) is 10.5. The molecule has 0 bridgehead atoms. The van der Waals surface area contributed by atoms with Crippen LogP contribution in [0.2, 0.25) is 0 Å². The number of amides is 3. The van der Waals surface area contributed by atoms with Gasteiger partial charge in [-0.3, -0.25) is 14.5 Å². The molecule has 0 unspecified atom stereocenters. The molecule has 0 aromatic heterocycles. The lowest BCUT2D eigenvalue weighted by Crippen LogP contribution is -2.43. The first-order chi connectivity index (χ1) is 15.0. The maximum absolute atomic E-state index is 12.7. The summed E-state index contributed by atoms with van der Waals surface area (Å²) in [7, 11) is 0. The summed E-state index contributed by atoms with van der Waals surface area (Å²) in [6.07, 6.45) is 2.89. The maximum Gasteiger partial charge on any atom is 0.415 e. The molecule has 4 rings (SSSR count). The lowest BCUT2D eigenvalue weighted by Gasteiger charge is -2.29. The molecule has 2 aromatic rings. The molecule has 1 fully saturated rings. The smallest absolute Gasteiger partial charge is 0.415 e. The molecule has 8 heteroatoms. The van der Waals surface area contributed by atoms with Crippen LogP contribution in [0.25, 0.3) is 0 Å². The number of benzene rings is 2. The minimum atomic E-state index is -0.615. The summed E-state index contributed by atoms with van der Waals surface area (Å²) >= 11 is 0. The van der Waals surface area contributed by atoms with Crippen molar-refractivity contribution in [2.45, 2.75) is 44.4 Å². The van der Waals surface area contributed by atoms with Crippen molar-refractivity contribution in [3.05, 3.63) is 59.7 Å². The van der Waals surface area contributed by atoms with Crippen molar-refractivity contribution < 1.29 is 19.1 Å². The van der Waals surface area contributed by atoms with E-state index in [9.17, 15) is 14.4 Å². The number of carbonyl (C=O) groups excluding carboxylic acids is 3. The Morgan fingerprint density at radius 3 is 2.58 bits per heavy atom. The number of hydrogen-bond donors (Lipinski definition) is 3. The van der Waals surface area contributed by atoms with Crippen molar-refractivity contribution in [3.8, 4) is 0 Å². The summed E-state index contributed by atoms with van der Waals surface area (Å²) < 4.78 is 5.38. The molecule has 1 aliphatic heterocycles. The number of ether oxygens (including phenoxy) is 1. The second kappa shape index (κ2) is 9.18. The monoisotopic (exact) mass is 422 g/mol. The van der Waals surface area contributed by atoms with Crippen LogP contribution < -0.4 is 21.3 Å². The summed E-state index contributed by atoms with van der Waals surface area (Å²) in [4.78, 5) is 38.7. The topological polar surface area (TPSA) is 114 Å². The quantitative estimate of drug-likeness (QED) is 0.701. The van der Waals surface area contributed by atoms with Crippen LogP contribution in [0.15, 0.2) is 48.5 Å². The second-order valence-corrected chi connectivity index (χ2v) is 7.99. The van der Waals surface area contributed by atoms with Crippen LogP contribution in [-0.2, 0) is 16.1 Å². The highest BCUT2D eigenvalue weighted by atomic mass is 16.6. The van der Waals surface area contributed by atoms with Crippen molar-refractivity contribution in [1.82, 2.24) is 5.32 Å². The first kappa shape index (κ1) is 20.9.